The maximum absolute atomic E-state index is 13.3. The van der Waals surface area contributed by atoms with Crippen molar-refractivity contribution in [2.45, 2.75) is 19.1 Å². The number of nitrogens with zero attached hydrogens (tertiary/aromatic N) is 2. The van der Waals surface area contributed by atoms with Gasteiger partial charge >= 0.3 is 0 Å². The Morgan fingerprint density at radius 3 is 2.30 bits per heavy atom. The molecule has 1 fully saturated rings. The minimum atomic E-state index is -0.757. The molecule has 1 atom stereocenters. The molecule has 1 amide bonds. The van der Waals surface area contributed by atoms with Gasteiger partial charge in [-0.25, -0.2) is 0 Å². The number of carbonyl (C=O) groups is 2. The van der Waals surface area contributed by atoms with E-state index in [2.05, 4.69) is 0 Å². The minimum absolute atomic E-state index is 0.0531. The molecule has 1 N–H and O–H groups in total. The molecule has 0 spiro atoms. The van der Waals surface area contributed by atoms with E-state index < -0.39 is 17.7 Å². The summed E-state index contributed by atoms with van der Waals surface area (Å²) in [6.07, 6.45) is 0.680. The number of carbonyl (C=O) groups excluding carboxylic acids is 2. The number of likely N-dealkylation sites (tertiary alicyclic amines) is 1. The zero-order chi connectivity index (χ0) is 26.4. The van der Waals surface area contributed by atoms with Crippen LogP contribution in [0.3, 0.4) is 0 Å². The summed E-state index contributed by atoms with van der Waals surface area (Å²) in [7, 11) is 5.46. The highest BCUT2D eigenvalue weighted by Crippen LogP contribution is 2.42. The van der Waals surface area contributed by atoms with Crippen molar-refractivity contribution in [1.29, 1.82) is 0 Å². The van der Waals surface area contributed by atoms with E-state index in [4.69, 9.17) is 9.47 Å². The summed E-state index contributed by atoms with van der Waals surface area (Å²) in [5.41, 5.74) is 2.18. The Labute approximate surface area is 217 Å². The third-order valence-electron chi connectivity index (χ3n) is 6.35. The molecule has 1 heterocycles. The summed E-state index contributed by atoms with van der Waals surface area (Å²) in [4.78, 5) is 30.0. The van der Waals surface area contributed by atoms with E-state index in [1.165, 1.54) is 4.90 Å². The van der Waals surface area contributed by atoms with Crippen LogP contribution in [0.1, 0.15) is 29.2 Å². The fourth-order valence-electron chi connectivity index (χ4n) is 4.49. The highest BCUT2D eigenvalue weighted by Gasteiger charge is 2.46. The third-order valence-corrected chi connectivity index (χ3v) is 6.35. The van der Waals surface area contributed by atoms with Crippen molar-refractivity contribution in [3.8, 4) is 11.5 Å². The van der Waals surface area contributed by atoms with Gasteiger partial charge in [-0.1, -0.05) is 48.5 Å². The Balaban J connectivity index is 1.67. The number of para-hydroxylation sites is 1. The number of benzene rings is 3. The number of ketones is 1. The molecule has 3 aromatic carbocycles. The average Bonchev–Trinajstić information content (AvgIpc) is 3.17. The molecule has 1 unspecified atom stereocenters. The predicted molar refractivity (Wildman–Crippen MR) is 142 cm³/mol. The molecule has 1 aliphatic rings. The molecule has 0 bridgehead atoms. The average molecular weight is 501 g/mol. The fourth-order valence-corrected chi connectivity index (χ4v) is 4.49. The number of amides is 1. The predicted octanol–water partition coefficient (Wildman–Crippen LogP) is 4.65. The molecule has 1 aliphatic heterocycles. The molecule has 192 valence electrons. The lowest BCUT2D eigenvalue weighted by Crippen LogP contribution is -2.32. The summed E-state index contributed by atoms with van der Waals surface area (Å²) < 4.78 is 11.4. The van der Waals surface area contributed by atoms with E-state index in [1.807, 2.05) is 67.5 Å². The van der Waals surface area contributed by atoms with Crippen LogP contribution in [0.2, 0.25) is 0 Å². The van der Waals surface area contributed by atoms with Crippen molar-refractivity contribution >= 4 is 17.4 Å². The van der Waals surface area contributed by atoms with Gasteiger partial charge in [-0.3, -0.25) is 9.59 Å². The Morgan fingerprint density at radius 2 is 1.62 bits per heavy atom. The van der Waals surface area contributed by atoms with Crippen LogP contribution in [0, 0.1) is 0 Å². The molecule has 37 heavy (non-hydrogen) atoms. The number of ether oxygens (including phenoxy) is 2. The zero-order valence-electron chi connectivity index (χ0n) is 21.4. The number of methoxy groups -OCH3 is 1. The van der Waals surface area contributed by atoms with E-state index in [-0.39, 0.29) is 11.3 Å². The van der Waals surface area contributed by atoms with Gasteiger partial charge in [0.2, 0.25) is 0 Å². The zero-order valence-corrected chi connectivity index (χ0v) is 21.4. The monoisotopic (exact) mass is 500 g/mol. The van der Waals surface area contributed by atoms with Crippen molar-refractivity contribution in [2.75, 3.05) is 34.3 Å². The Bertz CT molecular complexity index is 1270. The van der Waals surface area contributed by atoms with Crippen molar-refractivity contribution in [3.05, 3.63) is 101 Å². The highest BCUT2D eigenvalue weighted by molar-refractivity contribution is 6.46. The van der Waals surface area contributed by atoms with Crippen LogP contribution in [0.5, 0.6) is 11.5 Å². The van der Waals surface area contributed by atoms with Gasteiger partial charge in [0, 0.05) is 17.7 Å². The molecular weight excluding hydrogens is 468 g/mol. The van der Waals surface area contributed by atoms with Gasteiger partial charge in [-0.15, -0.1) is 0 Å². The number of hydrogen-bond donors (Lipinski definition) is 1. The van der Waals surface area contributed by atoms with Gasteiger partial charge in [-0.05, 0) is 63.0 Å². The fraction of sp³-hybridized carbons (Fsp3) is 0.267. The topological polar surface area (TPSA) is 79.3 Å². The van der Waals surface area contributed by atoms with Gasteiger partial charge < -0.3 is 24.4 Å². The maximum Gasteiger partial charge on any atom is 0.295 e. The summed E-state index contributed by atoms with van der Waals surface area (Å²) in [6, 6.07) is 23.2. The Hall–Kier alpha value is -4.10. The van der Waals surface area contributed by atoms with E-state index in [9.17, 15) is 14.7 Å². The van der Waals surface area contributed by atoms with Gasteiger partial charge in [0.1, 0.15) is 23.9 Å². The second-order valence-electron chi connectivity index (χ2n) is 9.19. The van der Waals surface area contributed by atoms with E-state index >= 15 is 0 Å². The molecule has 0 aliphatic carbocycles. The number of aliphatic hydroxyl groups is 1. The first-order chi connectivity index (χ1) is 17.9. The quantitative estimate of drug-likeness (QED) is 0.248. The maximum atomic E-state index is 13.3. The number of Topliss-reactive ketones (excluding diaryl/α,β-unsaturated/α-hetero) is 1. The first-order valence-electron chi connectivity index (χ1n) is 12.2. The number of rotatable bonds is 10. The lowest BCUT2D eigenvalue weighted by molar-refractivity contribution is -0.140. The van der Waals surface area contributed by atoms with Gasteiger partial charge in [0.05, 0.1) is 18.7 Å². The Kier molecular flexibility index (Phi) is 8.25. The summed E-state index contributed by atoms with van der Waals surface area (Å²) in [6.45, 7) is 1.54. The van der Waals surface area contributed by atoms with Crippen molar-refractivity contribution in [1.82, 2.24) is 9.80 Å². The molecule has 7 nitrogen and oxygen atoms in total. The second-order valence-corrected chi connectivity index (χ2v) is 9.19. The smallest absolute Gasteiger partial charge is 0.295 e. The van der Waals surface area contributed by atoms with E-state index in [0.717, 1.165) is 12.1 Å². The normalized spacial score (nSPS) is 16.9. The number of hydrogen-bond acceptors (Lipinski definition) is 6. The molecule has 3 aromatic rings. The molecule has 0 radical (unpaired) electrons. The second kappa shape index (κ2) is 11.8. The van der Waals surface area contributed by atoms with Crippen molar-refractivity contribution in [2.24, 2.45) is 0 Å². The van der Waals surface area contributed by atoms with Crippen molar-refractivity contribution in [3.63, 3.8) is 0 Å². The first kappa shape index (κ1) is 26.0. The molecular formula is C30H32N2O5. The van der Waals surface area contributed by atoms with Crippen LogP contribution in [0.4, 0.5) is 0 Å². The third kappa shape index (κ3) is 5.84. The Morgan fingerprint density at radius 1 is 0.946 bits per heavy atom. The van der Waals surface area contributed by atoms with Gasteiger partial charge in [-0.2, -0.15) is 0 Å². The number of aliphatic hydroxyl groups excluding tert-OH is 1. The molecule has 7 heteroatoms. The molecule has 0 aromatic heterocycles. The van der Waals surface area contributed by atoms with Crippen LogP contribution < -0.4 is 9.47 Å². The summed E-state index contributed by atoms with van der Waals surface area (Å²) in [5.74, 6) is -0.381. The summed E-state index contributed by atoms with van der Waals surface area (Å²) >= 11 is 0. The van der Waals surface area contributed by atoms with Gasteiger partial charge in [0.15, 0.2) is 0 Å². The van der Waals surface area contributed by atoms with Crippen LogP contribution >= 0.6 is 0 Å². The first-order valence-corrected chi connectivity index (χ1v) is 12.2. The minimum Gasteiger partial charge on any atom is -0.507 e. The lowest BCUT2D eigenvalue weighted by Gasteiger charge is -2.27. The van der Waals surface area contributed by atoms with Crippen LogP contribution in [0.15, 0.2) is 84.4 Å². The molecule has 4 rings (SSSR count). The standard InChI is InChI=1S/C30H32N2O5/c1-31(2)18-9-19-32-27(24-12-7-8-13-25(24)36-3)26(29(34)30(32)35)28(33)22-14-16-23(17-15-22)37-20-21-10-5-4-6-11-21/h4-8,10-17,27,33H,9,18-20H2,1-3H3. The summed E-state index contributed by atoms with van der Waals surface area (Å²) in [5, 5.41) is 11.3. The highest BCUT2D eigenvalue weighted by atomic mass is 16.5. The van der Waals surface area contributed by atoms with E-state index in [1.54, 1.807) is 37.4 Å². The van der Waals surface area contributed by atoms with Crippen LogP contribution in [-0.2, 0) is 16.2 Å². The largest absolute Gasteiger partial charge is 0.507 e. The van der Waals surface area contributed by atoms with Crippen molar-refractivity contribution < 1.29 is 24.2 Å². The lowest BCUT2D eigenvalue weighted by atomic mass is 9.94. The molecule has 1 saturated heterocycles. The SMILES string of the molecule is COc1ccccc1C1C(=C(O)c2ccc(OCc3ccccc3)cc2)C(=O)C(=O)N1CCCN(C)C. The van der Waals surface area contributed by atoms with Gasteiger partial charge in [0.25, 0.3) is 11.7 Å². The molecule has 0 saturated carbocycles. The van der Waals surface area contributed by atoms with E-state index in [0.29, 0.717) is 42.2 Å². The van der Waals surface area contributed by atoms with Crippen LogP contribution in [-0.4, -0.2) is 60.9 Å². The van der Waals surface area contributed by atoms with Crippen LogP contribution in [0.25, 0.3) is 5.76 Å².